The summed E-state index contributed by atoms with van der Waals surface area (Å²) < 4.78 is 5.73. The summed E-state index contributed by atoms with van der Waals surface area (Å²) in [6.07, 6.45) is 0.252. The van der Waals surface area contributed by atoms with Gasteiger partial charge in [0.15, 0.2) is 6.10 Å². The maximum atomic E-state index is 12.4. The number of fused-ring (bicyclic) bond motifs is 1. The second-order valence-corrected chi connectivity index (χ2v) is 5.00. The minimum absolute atomic E-state index is 0.00486. The molecule has 1 aliphatic rings. The monoisotopic (exact) mass is 263 g/mol. The lowest BCUT2D eigenvalue weighted by atomic mass is 10.1. The van der Waals surface area contributed by atoms with Gasteiger partial charge in [-0.1, -0.05) is 13.0 Å². The Morgan fingerprint density at radius 2 is 2.16 bits per heavy atom. The van der Waals surface area contributed by atoms with Gasteiger partial charge in [-0.2, -0.15) is 0 Å². The Labute approximate surface area is 113 Å². The zero-order valence-corrected chi connectivity index (χ0v) is 11.7. The van der Waals surface area contributed by atoms with E-state index in [1.165, 1.54) is 0 Å². The molecule has 1 amide bonds. The van der Waals surface area contributed by atoms with Crippen LogP contribution in [0.2, 0.25) is 0 Å². The van der Waals surface area contributed by atoms with Gasteiger partial charge in [-0.25, -0.2) is 0 Å². The lowest BCUT2D eigenvalue weighted by molar-refractivity contribution is -0.126. The first kappa shape index (κ1) is 13.7. The second-order valence-electron chi connectivity index (χ2n) is 5.00. The molecule has 0 spiro atoms. The fraction of sp³-hybridized carbons (Fsp3) is 0.500. The molecule has 19 heavy (non-hydrogen) atoms. The number of amides is 1. The highest BCUT2D eigenvalue weighted by Crippen LogP contribution is 2.39. The van der Waals surface area contributed by atoms with Gasteiger partial charge in [-0.15, -0.1) is 0 Å². The van der Waals surface area contributed by atoms with E-state index in [0.29, 0.717) is 30.1 Å². The van der Waals surface area contributed by atoms with Crippen LogP contribution in [0.5, 0.6) is 5.75 Å². The number of nitrogen functional groups attached to an aromatic ring is 1. The predicted octanol–water partition coefficient (Wildman–Crippen LogP) is 1.33. The van der Waals surface area contributed by atoms with Crippen LogP contribution in [0.1, 0.15) is 13.3 Å². The molecule has 2 N–H and O–H groups in total. The van der Waals surface area contributed by atoms with Crippen LogP contribution < -0.4 is 15.4 Å². The summed E-state index contributed by atoms with van der Waals surface area (Å²) in [5, 5.41) is 0. The second kappa shape index (κ2) is 5.48. The van der Waals surface area contributed by atoms with E-state index in [9.17, 15) is 4.79 Å². The van der Waals surface area contributed by atoms with Gasteiger partial charge in [-0.05, 0) is 32.6 Å². The van der Waals surface area contributed by atoms with Crippen molar-refractivity contribution in [1.82, 2.24) is 4.90 Å². The van der Waals surface area contributed by atoms with Crippen LogP contribution >= 0.6 is 0 Å². The third kappa shape index (κ3) is 2.66. The number of para-hydroxylation sites is 1. The van der Waals surface area contributed by atoms with Gasteiger partial charge in [-0.3, -0.25) is 4.79 Å². The number of hydrogen-bond donors (Lipinski definition) is 1. The number of hydrogen-bond acceptors (Lipinski definition) is 4. The van der Waals surface area contributed by atoms with E-state index in [4.69, 9.17) is 10.5 Å². The highest BCUT2D eigenvalue weighted by molar-refractivity contribution is 6.03. The molecule has 1 unspecified atom stereocenters. The maximum Gasteiger partial charge on any atom is 0.268 e. The molecule has 1 heterocycles. The third-order valence-electron chi connectivity index (χ3n) is 3.25. The average Bonchev–Trinajstić information content (AvgIpc) is 2.37. The van der Waals surface area contributed by atoms with E-state index in [1.54, 1.807) is 11.0 Å². The number of nitrogens with two attached hydrogens (primary N) is 1. The number of anilines is 2. The number of carbonyl (C=O) groups excluding carboxylic acids is 1. The predicted molar refractivity (Wildman–Crippen MR) is 76.5 cm³/mol. The number of ether oxygens (including phenoxy) is 1. The minimum atomic E-state index is -0.406. The molecule has 0 bridgehead atoms. The van der Waals surface area contributed by atoms with Gasteiger partial charge in [0.25, 0.3) is 5.91 Å². The molecule has 0 fully saturated rings. The summed E-state index contributed by atoms with van der Waals surface area (Å²) in [7, 11) is 3.97. The number of rotatable bonds is 4. The molecule has 0 saturated heterocycles. The Balaban J connectivity index is 2.36. The van der Waals surface area contributed by atoms with Gasteiger partial charge >= 0.3 is 0 Å². The average molecular weight is 263 g/mol. The van der Waals surface area contributed by atoms with Crippen LogP contribution in [-0.2, 0) is 4.79 Å². The van der Waals surface area contributed by atoms with E-state index in [0.717, 1.165) is 6.54 Å². The van der Waals surface area contributed by atoms with Crippen molar-refractivity contribution >= 4 is 17.3 Å². The summed E-state index contributed by atoms with van der Waals surface area (Å²) in [5.74, 6) is 0.694. The Morgan fingerprint density at radius 1 is 1.42 bits per heavy atom. The number of benzene rings is 1. The Bertz CT molecular complexity index is 474. The smallest absolute Gasteiger partial charge is 0.268 e. The minimum Gasteiger partial charge on any atom is -0.478 e. The Hall–Kier alpha value is -1.75. The van der Waals surface area contributed by atoms with Gasteiger partial charge < -0.3 is 20.3 Å². The first-order chi connectivity index (χ1) is 9.04. The molecule has 1 aromatic rings. The van der Waals surface area contributed by atoms with Crippen LogP contribution in [0.3, 0.4) is 0 Å². The zero-order valence-electron chi connectivity index (χ0n) is 11.7. The van der Waals surface area contributed by atoms with E-state index >= 15 is 0 Å². The zero-order chi connectivity index (χ0) is 14.0. The van der Waals surface area contributed by atoms with Crippen LogP contribution in [0.15, 0.2) is 18.2 Å². The van der Waals surface area contributed by atoms with Gasteiger partial charge in [0.05, 0.1) is 5.69 Å². The lowest BCUT2D eigenvalue weighted by Crippen LogP contribution is -2.48. The first-order valence-electron chi connectivity index (χ1n) is 6.55. The fourth-order valence-corrected chi connectivity index (χ4v) is 2.19. The normalized spacial score (nSPS) is 18.4. The largest absolute Gasteiger partial charge is 0.478 e. The molecule has 5 nitrogen and oxygen atoms in total. The molecular weight excluding hydrogens is 242 g/mol. The van der Waals surface area contributed by atoms with E-state index < -0.39 is 6.10 Å². The number of carbonyl (C=O) groups is 1. The summed E-state index contributed by atoms with van der Waals surface area (Å²) in [6.45, 7) is 3.35. The third-order valence-corrected chi connectivity index (χ3v) is 3.25. The van der Waals surface area contributed by atoms with Crippen molar-refractivity contribution in [1.29, 1.82) is 0 Å². The number of nitrogens with zero attached hydrogens (tertiary/aromatic N) is 2. The van der Waals surface area contributed by atoms with Crippen LogP contribution in [-0.4, -0.2) is 44.1 Å². The summed E-state index contributed by atoms with van der Waals surface area (Å²) in [6, 6.07) is 5.51. The molecule has 1 aliphatic heterocycles. The van der Waals surface area contributed by atoms with Crippen molar-refractivity contribution in [3.8, 4) is 5.75 Å². The fourth-order valence-electron chi connectivity index (χ4n) is 2.19. The van der Waals surface area contributed by atoms with Crippen molar-refractivity contribution < 1.29 is 9.53 Å². The quantitative estimate of drug-likeness (QED) is 0.833. The van der Waals surface area contributed by atoms with Crippen molar-refractivity contribution in [2.75, 3.05) is 37.8 Å². The van der Waals surface area contributed by atoms with Crippen LogP contribution in [0, 0.1) is 0 Å². The summed E-state index contributed by atoms with van der Waals surface area (Å²) in [5.41, 5.74) is 7.29. The van der Waals surface area contributed by atoms with Gasteiger partial charge in [0.2, 0.25) is 0 Å². The Kier molecular flexibility index (Phi) is 3.95. The highest BCUT2D eigenvalue weighted by Gasteiger charge is 2.34. The molecule has 0 aliphatic carbocycles. The summed E-state index contributed by atoms with van der Waals surface area (Å²) >= 11 is 0. The van der Waals surface area contributed by atoms with Crippen molar-refractivity contribution in [2.24, 2.45) is 0 Å². The molecule has 1 aromatic carbocycles. The van der Waals surface area contributed by atoms with Crippen LogP contribution in [0.4, 0.5) is 11.4 Å². The van der Waals surface area contributed by atoms with Crippen molar-refractivity contribution in [3.63, 3.8) is 0 Å². The molecule has 5 heteroatoms. The molecular formula is C14H21N3O2. The van der Waals surface area contributed by atoms with Crippen molar-refractivity contribution in [3.05, 3.63) is 18.2 Å². The highest BCUT2D eigenvalue weighted by atomic mass is 16.5. The first-order valence-corrected chi connectivity index (χ1v) is 6.55. The maximum absolute atomic E-state index is 12.4. The lowest BCUT2D eigenvalue weighted by Gasteiger charge is -2.35. The van der Waals surface area contributed by atoms with E-state index in [-0.39, 0.29) is 5.91 Å². The molecule has 0 radical (unpaired) electrons. The van der Waals surface area contributed by atoms with Crippen molar-refractivity contribution in [2.45, 2.75) is 19.4 Å². The SMILES string of the molecule is CCC1Oc2cccc(N)c2N(CCN(C)C)C1=O. The molecule has 104 valence electrons. The van der Waals surface area contributed by atoms with Gasteiger partial charge in [0.1, 0.15) is 11.4 Å². The summed E-state index contributed by atoms with van der Waals surface area (Å²) in [4.78, 5) is 16.2. The standard InChI is InChI=1S/C14H21N3O2/c1-4-11-14(18)17(9-8-16(2)3)13-10(15)6-5-7-12(13)19-11/h5-7,11H,4,8-9,15H2,1-3H3. The van der Waals surface area contributed by atoms with Gasteiger partial charge in [0, 0.05) is 13.1 Å². The Morgan fingerprint density at radius 3 is 2.79 bits per heavy atom. The molecule has 0 saturated carbocycles. The molecule has 1 atom stereocenters. The topological polar surface area (TPSA) is 58.8 Å². The number of likely N-dealkylation sites (N-methyl/N-ethyl adjacent to an activating group) is 1. The van der Waals surface area contributed by atoms with E-state index in [1.807, 2.05) is 38.1 Å². The van der Waals surface area contributed by atoms with E-state index in [2.05, 4.69) is 0 Å². The molecule has 0 aromatic heterocycles. The molecule has 2 rings (SSSR count). The van der Waals surface area contributed by atoms with Crippen LogP contribution in [0.25, 0.3) is 0 Å².